The van der Waals surface area contributed by atoms with Gasteiger partial charge in [-0.3, -0.25) is 9.59 Å². The first-order valence-corrected chi connectivity index (χ1v) is 7.66. The average Bonchev–Trinajstić information content (AvgIpc) is 2.45. The largest absolute Gasteiger partial charge is 0.466 e. The van der Waals surface area contributed by atoms with E-state index in [0.717, 1.165) is 25.9 Å². The highest BCUT2D eigenvalue weighted by Crippen LogP contribution is 2.01. The van der Waals surface area contributed by atoms with Gasteiger partial charge in [-0.1, -0.05) is 20.3 Å². The second kappa shape index (κ2) is 12.9. The van der Waals surface area contributed by atoms with Crippen LogP contribution in [-0.2, 0) is 19.1 Å². The number of carbonyl (C=O) groups is 2. The van der Waals surface area contributed by atoms with Gasteiger partial charge in [0.15, 0.2) is 0 Å². The summed E-state index contributed by atoms with van der Waals surface area (Å²) in [6.45, 7) is 8.62. The minimum atomic E-state index is -0.249. The Balaban J connectivity index is 3.91. The van der Waals surface area contributed by atoms with Crippen LogP contribution in [0.25, 0.3) is 0 Å². The van der Waals surface area contributed by atoms with Crippen LogP contribution in [0.3, 0.4) is 0 Å². The van der Waals surface area contributed by atoms with Crippen molar-refractivity contribution in [3.8, 4) is 0 Å². The van der Waals surface area contributed by atoms with Gasteiger partial charge in [-0.15, -0.1) is 0 Å². The molecule has 0 aliphatic carbocycles. The van der Waals surface area contributed by atoms with Crippen molar-refractivity contribution >= 4 is 11.9 Å². The fourth-order valence-electron chi connectivity index (χ4n) is 1.75. The van der Waals surface area contributed by atoms with Crippen LogP contribution in [0.5, 0.6) is 0 Å². The molecule has 0 unspecified atom stereocenters. The van der Waals surface area contributed by atoms with Crippen molar-refractivity contribution in [1.82, 2.24) is 4.90 Å². The molecule has 0 radical (unpaired) electrons. The van der Waals surface area contributed by atoms with E-state index in [1.54, 1.807) is 11.8 Å². The SMILES string of the molecule is CCCCOCCCN(CCC(=O)OCC)C(=O)CC. The Hall–Kier alpha value is -1.10. The zero-order chi connectivity index (χ0) is 15.2. The fourth-order valence-corrected chi connectivity index (χ4v) is 1.75. The van der Waals surface area contributed by atoms with Crippen molar-refractivity contribution in [2.75, 3.05) is 32.9 Å². The first-order chi connectivity index (χ1) is 9.65. The molecule has 0 aromatic carbocycles. The summed E-state index contributed by atoms with van der Waals surface area (Å²) in [5.41, 5.74) is 0. The molecule has 118 valence electrons. The van der Waals surface area contributed by atoms with Crippen molar-refractivity contribution in [2.45, 2.75) is 52.9 Å². The number of rotatable bonds is 12. The van der Waals surface area contributed by atoms with Crippen LogP contribution in [-0.4, -0.2) is 49.7 Å². The van der Waals surface area contributed by atoms with Crippen LogP contribution in [0.2, 0.25) is 0 Å². The minimum absolute atomic E-state index is 0.0721. The highest BCUT2D eigenvalue weighted by molar-refractivity contribution is 5.77. The molecule has 0 aromatic heterocycles. The van der Waals surface area contributed by atoms with Gasteiger partial charge >= 0.3 is 5.97 Å². The summed E-state index contributed by atoms with van der Waals surface area (Å²) < 4.78 is 10.3. The van der Waals surface area contributed by atoms with Crippen LogP contribution in [0, 0.1) is 0 Å². The predicted octanol–water partition coefficient (Wildman–Crippen LogP) is 2.39. The van der Waals surface area contributed by atoms with E-state index in [1.165, 1.54) is 0 Å². The molecular weight excluding hydrogens is 258 g/mol. The van der Waals surface area contributed by atoms with Crippen LogP contribution >= 0.6 is 0 Å². The smallest absolute Gasteiger partial charge is 0.307 e. The first-order valence-electron chi connectivity index (χ1n) is 7.66. The second-order valence-electron chi connectivity index (χ2n) is 4.61. The molecule has 5 nitrogen and oxygen atoms in total. The van der Waals surface area contributed by atoms with Gasteiger partial charge in [0.2, 0.25) is 5.91 Å². The summed E-state index contributed by atoms with van der Waals surface area (Å²) in [4.78, 5) is 24.8. The van der Waals surface area contributed by atoms with E-state index in [1.807, 2.05) is 6.92 Å². The third-order valence-corrected chi connectivity index (χ3v) is 2.91. The molecule has 0 aliphatic rings. The predicted molar refractivity (Wildman–Crippen MR) is 78.5 cm³/mol. The van der Waals surface area contributed by atoms with Gasteiger partial charge in [-0.05, 0) is 19.8 Å². The topological polar surface area (TPSA) is 55.8 Å². The van der Waals surface area contributed by atoms with Gasteiger partial charge in [0.25, 0.3) is 0 Å². The highest BCUT2D eigenvalue weighted by atomic mass is 16.5. The molecule has 0 bridgehead atoms. The Bertz CT molecular complexity index is 269. The standard InChI is InChI=1S/C15H29NO4/c1-4-7-12-19-13-8-10-16(14(17)5-2)11-9-15(18)20-6-3/h4-13H2,1-3H3. The Kier molecular flexibility index (Phi) is 12.2. The zero-order valence-corrected chi connectivity index (χ0v) is 13.2. The number of carbonyl (C=O) groups excluding carboxylic acids is 2. The molecule has 0 rings (SSSR count). The lowest BCUT2D eigenvalue weighted by molar-refractivity contribution is -0.144. The van der Waals surface area contributed by atoms with Crippen molar-refractivity contribution in [1.29, 1.82) is 0 Å². The summed E-state index contributed by atoms with van der Waals surface area (Å²) in [5, 5.41) is 0. The monoisotopic (exact) mass is 287 g/mol. The zero-order valence-electron chi connectivity index (χ0n) is 13.2. The number of ether oxygens (including phenoxy) is 2. The molecule has 0 spiro atoms. The third kappa shape index (κ3) is 9.78. The van der Waals surface area contributed by atoms with E-state index in [9.17, 15) is 9.59 Å². The maximum absolute atomic E-state index is 11.8. The molecule has 0 aliphatic heterocycles. The van der Waals surface area contributed by atoms with Gasteiger partial charge in [0, 0.05) is 32.7 Å². The fraction of sp³-hybridized carbons (Fsp3) is 0.867. The van der Waals surface area contributed by atoms with Crippen LogP contribution in [0.1, 0.15) is 52.9 Å². The molecule has 0 atom stereocenters. The van der Waals surface area contributed by atoms with E-state index in [0.29, 0.717) is 32.7 Å². The molecule has 0 aromatic rings. The molecule has 20 heavy (non-hydrogen) atoms. The molecule has 0 heterocycles. The first kappa shape index (κ1) is 18.9. The van der Waals surface area contributed by atoms with E-state index in [-0.39, 0.29) is 18.3 Å². The minimum Gasteiger partial charge on any atom is -0.466 e. The summed E-state index contributed by atoms with van der Waals surface area (Å²) >= 11 is 0. The highest BCUT2D eigenvalue weighted by Gasteiger charge is 2.13. The number of nitrogens with zero attached hydrogens (tertiary/aromatic N) is 1. The Labute approximate surface area is 122 Å². The van der Waals surface area contributed by atoms with Gasteiger partial charge in [0.05, 0.1) is 13.0 Å². The van der Waals surface area contributed by atoms with Crippen LogP contribution in [0.4, 0.5) is 0 Å². The lowest BCUT2D eigenvalue weighted by Crippen LogP contribution is -2.34. The van der Waals surface area contributed by atoms with Gasteiger partial charge in [0.1, 0.15) is 0 Å². The number of esters is 1. The maximum Gasteiger partial charge on any atom is 0.307 e. The molecule has 1 amide bonds. The summed E-state index contributed by atoms with van der Waals surface area (Å²) in [7, 11) is 0. The van der Waals surface area contributed by atoms with E-state index >= 15 is 0 Å². The summed E-state index contributed by atoms with van der Waals surface area (Å²) in [5.74, 6) is -0.177. The molecule has 0 saturated heterocycles. The van der Waals surface area contributed by atoms with Crippen LogP contribution < -0.4 is 0 Å². The molecule has 0 saturated carbocycles. The normalized spacial score (nSPS) is 10.3. The van der Waals surface area contributed by atoms with Gasteiger partial charge in [-0.25, -0.2) is 0 Å². The molecule has 0 fully saturated rings. The maximum atomic E-state index is 11.8. The van der Waals surface area contributed by atoms with E-state index < -0.39 is 0 Å². The van der Waals surface area contributed by atoms with Crippen LogP contribution in [0.15, 0.2) is 0 Å². The number of amides is 1. The molecule has 5 heteroatoms. The quantitative estimate of drug-likeness (QED) is 0.408. The van der Waals surface area contributed by atoms with E-state index in [2.05, 4.69) is 6.92 Å². The average molecular weight is 287 g/mol. The number of hydrogen-bond donors (Lipinski definition) is 0. The second-order valence-corrected chi connectivity index (χ2v) is 4.61. The summed E-state index contributed by atoms with van der Waals surface area (Å²) in [6.07, 6.45) is 3.72. The number of hydrogen-bond acceptors (Lipinski definition) is 4. The lowest BCUT2D eigenvalue weighted by atomic mass is 10.3. The summed E-state index contributed by atoms with van der Waals surface area (Å²) in [6, 6.07) is 0. The van der Waals surface area contributed by atoms with Crippen molar-refractivity contribution in [3.63, 3.8) is 0 Å². The van der Waals surface area contributed by atoms with E-state index in [4.69, 9.17) is 9.47 Å². The molecular formula is C15H29NO4. The Morgan fingerprint density at radius 1 is 1.00 bits per heavy atom. The number of unbranched alkanes of at least 4 members (excludes halogenated alkanes) is 1. The van der Waals surface area contributed by atoms with Gasteiger partial charge < -0.3 is 14.4 Å². The van der Waals surface area contributed by atoms with Gasteiger partial charge in [-0.2, -0.15) is 0 Å². The Morgan fingerprint density at radius 2 is 1.70 bits per heavy atom. The third-order valence-electron chi connectivity index (χ3n) is 2.91. The van der Waals surface area contributed by atoms with Crippen molar-refractivity contribution < 1.29 is 19.1 Å². The molecule has 0 N–H and O–H groups in total. The Morgan fingerprint density at radius 3 is 2.30 bits per heavy atom. The van der Waals surface area contributed by atoms with Crippen molar-refractivity contribution in [3.05, 3.63) is 0 Å². The lowest BCUT2D eigenvalue weighted by Gasteiger charge is -2.21. The van der Waals surface area contributed by atoms with Crippen molar-refractivity contribution in [2.24, 2.45) is 0 Å².